The molecule has 1 heterocycles. The molecule has 0 bridgehead atoms. The Bertz CT molecular complexity index is 309. The highest BCUT2D eigenvalue weighted by Gasteiger charge is 2.32. The Morgan fingerprint density at radius 3 is 2.46 bits per heavy atom. The van der Waals surface area contributed by atoms with Crippen molar-refractivity contribution in [3.05, 3.63) is 29.1 Å². The van der Waals surface area contributed by atoms with Crippen molar-refractivity contribution >= 4 is 0 Å². The largest absolute Gasteiger partial charge is 0.433 e. The fraction of sp³-hybridized carbons (Fsp3) is 0.375. The van der Waals surface area contributed by atoms with Crippen LogP contribution < -0.4 is 0 Å². The predicted octanol–water partition coefficient (Wildman–Crippen LogP) is 1.90. The molecule has 13 heavy (non-hydrogen) atoms. The maximum absolute atomic E-state index is 12.1. The number of hydrogen-bond donors (Lipinski definition) is 1. The Hall–Kier alpha value is -1.10. The first-order valence-electron chi connectivity index (χ1n) is 3.59. The molecule has 0 aromatic carbocycles. The minimum absolute atomic E-state index is 0.222. The number of aliphatic hydroxyl groups is 1. The number of aromatic nitrogens is 1. The maximum atomic E-state index is 12.1. The van der Waals surface area contributed by atoms with Gasteiger partial charge in [-0.05, 0) is 24.6 Å². The van der Waals surface area contributed by atoms with Gasteiger partial charge in [0.05, 0.1) is 6.61 Å². The van der Waals surface area contributed by atoms with Crippen molar-refractivity contribution in [1.29, 1.82) is 0 Å². The van der Waals surface area contributed by atoms with Crippen LogP contribution in [0.2, 0.25) is 0 Å². The van der Waals surface area contributed by atoms with Crippen LogP contribution in [0, 0.1) is 6.92 Å². The van der Waals surface area contributed by atoms with Crippen LogP contribution in [0.15, 0.2) is 12.1 Å². The van der Waals surface area contributed by atoms with Crippen molar-refractivity contribution in [1.82, 2.24) is 4.98 Å². The molecule has 0 spiro atoms. The van der Waals surface area contributed by atoms with Gasteiger partial charge in [-0.2, -0.15) is 13.2 Å². The number of alkyl halides is 3. The van der Waals surface area contributed by atoms with Crippen molar-refractivity contribution < 1.29 is 18.3 Å². The third-order valence-corrected chi connectivity index (χ3v) is 1.49. The van der Waals surface area contributed by atoms with Gasteiger partial charge in [-0.1, -0.05) is 0 Å². The molecule has 5 heteroatoms. The minimum atomic E-state index is -4.45. The Balaban J connectivity index is 3.16. The quantitative estimate of drug-likeness (QED) is 0.735. The Kier molecular flexibility index (Phi) is 2.56. The van der Waals surface area contributed by atoms with Gasteiger partial charge in [-0.25, -0.2) is 4.98 Å². The highest BCUT2D eigenvalue weighted by atomic mass is 19.4. The summed E-state index contributed by atoms with van der Waals surface area (Å²) in [5.41, 5.74) is -0.491. The first-order chi connectivity index (χ1) is 5.93. The molecular weight excluding hydrogens is 183 g/mol. The summed E-state index contributed by atoms with van der Waals surface area (Å²) < 4.78 is 36.4. The molecule has 0 atom stereocenters. The van der Waals surface area contributed by atoms with Crippen LogP contribution in [0.25, 0.3) is 0 Å². The first kappa shape index (κ1) is 9.98. The van der Waals surface area contributed by atoms with Crippen LogP contribution in [0.4, 0.5) is 13.2 Å². The number of hydrogen-bond acceptors (Lipinski definition) is 2. The Labute approximate surface area is 73.0 Å². The molecule has 1 aromatic rings. The topological polar surface area (TPSA) is 33.1 Å². The van der Waals surface area contributed by atoms with Crippen molar-refractivity contribution in [2.45, 2.75) is 19.7 Å². The highest BCUT2D eigenvalue weighted by molar-refractivity contribution is 5.21. The normalized spacial score (nSPS) is 11.8. The van der Waals surface area contributed by atoms with Gasteiger partial charge in [-0.3, -0.25) is 0 Å². The van der Waals surface area contributed by atoms with E-state index in [0.717, 1.165) is 6.07 Å². The van der Waals surface area contributed by atoms with Crippen LogP contribution in [0.5, 0.6) is 0 Å². The predicted molar refractivity (Wildman–Crippen MR) is 39.9 cm³/mol. The minimum Gasteiger partial charge on any atom is -0.392 e. The number of aliphatic hydroxyl groups excluding tert-OH is 1. The van der Waals surface area contributed by atoms with Crippen LogP contribution in [0.1, 0.15) is 17.0 Å². The van der Waals surface area contributed by atoms with E-state index in [0.29, 0.717) is 0 Å². The molecular formula is C8H8F3NO. The summed E-state index contributed by atoms with van der Waals surface area (Å²) in [4.78, 5) is 3.32. The van der Waals surface area contributed by atoms with Crippen LogP contribution in [0.3, 0.4) is 0 Å². The van der Waals surface area contributed by atoms with Gasteiger partial charge in [0.1, 0.15) is 5.69 Å². The molecule has 1 rings (SSSR count). The zero-order chi connectivity index (χ0) is 10.1. The van der Waals surface area contributed by atoms with E-state index < -0.39 is 18.5 Å². The maximum Gasteiger partial charge on any atom is 0.433 e. The highest BCUT2D eigenvalue weighted by Crippen LogP contribution is 2.28. The number of pyridine rings is 1. The number of halogens is 3. The molecule has 0 aliphatic rings. The van der Waals surface area contributed by atoms with E-state index in [4.69, 9.17) is 5.11 Å². The van der Waals surface area contributed by atoms with E-state index in [2.05, 4.69) is 4.98 Å². The fourth-order valence-electron chi connectivity index (χ4n) is 0.977. The summed E-state index contributed by atoms with van der Waals surface area (Å²) in [7, 11) is 0. The summed E-state index contributed by atoms with van der Waals surface area (Å²) >= 11 is 0. The van der Waals surface area contributed by atoms with Gasteiger partial charge in [0.25, 0.3) is 0 Å². The van der Waals surface area contributed by atoms with E-state index in [1.54, 1.807) is 0 Å². The molecule has 2 nitrogen and oxygen atoms in total. The smallest absolute Gasteiger partial charge is 0.392 e. The molecule has 0 saturated heterocycles. The van der Waals surface area contributed by atoms with E-state index in [9.17, 15) is 13.2 Å². The van der Waals surface area contributed by atoms with Crippen LogP contribution >= 0.6 is 0 Å². The molecule has 0 saturated carbocycles. The summed E-state index contributed by atoms with van der Waals surface area (Å²) in [6, 6.07) is 2.25. The summed E-state index contributed by atoms with van der Waals surface area (Å²) in [6.45, 7) is 1.04. The van der Waals surface area contributed by atoms with Crippen LogP contribution in [-0.4, -0.2) is 10.1 Å². The van der Waals surface area contributed by atoms with Crippen molar-refractivity contribution in [3.63, 3.8) is 0 Å². The van der Waals surface area contributed by atoms with Crippen molar-refractivity contribution in [2.75, 3.05) is 0 Å². The molecule has 0 aliphatic heterocycles. The van der Waals surface area contributed by atoms with Crippen molar-refractivity contribution in [3.8, 4) is 0 Å². The first-order valence-corrected chi connectivity index (χ1v) is 3.59. The second-order valence-electron chi connectivity index (χ2n) is 2.66. The lowest BCUT2D eigenvalue weighted by molar-refractivity contribution is -0.141. The van der Waals surface area contributed by atoms with E-state index in [1.807, 2.05) is 0 Å². The third-order valence-electron chi connectivity index (χ3n) is 1.49. The fourth-order valence-corrected chi connectivity index (χ4v) is 0.977. The van der Waals surface area contributed by atoms with Gasteiger partial charge >= 0.3 is 6.18 Å². The van der Waals surface area contributed by atoms with Crippen molar-refractivity contribution in [2.24, 2.45) is 0 Å². The van der Waals surface area contributed by atoms with E-state index in [1.165, 1.54) is 13.0 Å². The Morgan fingerprint density at radius 2 is 2.00 bits per heavy atom. The third kappa shape index (κ3) is 2.42. The average molecular weight is 191 g/mol. The lowest BCUT2D eigenvalue weighted by atomic mass is 10.2. The lowest BCUT2D eigenvalue weighted by Gasteiger charge is -2.07. The summed E-state index contributed by atoms with van der Waals surface area (Å²) in [5.74, 6) is 0. The van der Waals surface area contributed by atoms with E-state index in [-0.39, 0.29) is 11.3 Å². The zero-order valence-corrected chi connectivity index (χ0v) is 6.89. The van der Waals surface area contributed by atoms with E-state index >= 15 is 0 Å². The van der Waals surface area contributed by atoms with Gasteiger partial charge in [-0.15, -0.1) is 0 Å². The number of aryl methyl sites for hydroxylation is 1. The summed E-state index contributed by atoms with van der Waals surface area (Å²) in [6.07, 6.45) is -4.45. The van der Waals surface area contributed by atoms with Gasteiger partial charge in [0.15, 0.2) is 0 Å². The summed E-state index contributed by atoms with van der Waals surface area (Å²) in [5, 5.41) is 8.66. The molecule has 1 aromatic heterocycles. The average Bonchev–Trinajstić information content (AvgIpc) is 2.01. The molecule has 0 unspecified atom stereocenters. The zero-order valence-electron chi connectivity index (χ0n) is 6.89. The number of nitrogens with zero attached hydrogens (tertiary/aromatic N) is 1. The van der Waals surface area contributed by atoms with Gasteiger partial charge in [0, 0.05) is 5.69 Å². The lowest BCUT2D eigenvalue weighted by Crippen LogP contribution is -2.09. The molecule has 1 N–H and O–H groups in total. The SMILES string of the molecule is Cc1cc(CO)cc(C(F)(F)F)n1. The second-order valence-corrected chi connectivity index (χ2v) is 2.66. The molecule has 0 fully saturated rings. The second kappa shape index (κ2) is 3.33. The standard InChI is InChI=1S/C8H8F3NO/c1-5-2-6(4-13)3-7(12-5)8(9,10)11/h2-3,13H,4H2,1H3. The molecule has 0 amide bonds. The van der Waals surface area contributed by atoms with Gasteiger partial charge < -0.3 is 5.11 Å². The monoisotopic (exact) mass is 191 g/mol. The van der Waals surface area contributed by atoms with Crippen LogP contribution in [-0.2, 0) is 12.8 Å². The molecule has 72 valence electrons. The molecule has 0 aliphatic carbocycles. The number of rotatable bonds is 1. The van der Waals surface area contributed by atoms with Gasteiger partial charge in [0.2, 0.25) is 0 Å². The molecule has 0 radical (unpaired) electrons. The Morgan fingerprint density at radius 1 is 1.38 bits per heavy atom.